The number of amides is 1. The number of fused-ring (bicyclic) bond motifs is 1. The van der Waals surface area contributed by atoms with E-state index in [4.69, 9.17) is 33.0 Å². The van der Waals surface area contributed by atoms with E-state index in [0.717, 1.165) is 15.6 Å². The van der Waals surface area contributed by atoms with E-state index in [9.17, 15) is 19.2 Å². The Kier molecular flexibility index (Phi) is 6.37. The highest BCUT2D eigenvalue weighted by Crippen LogP contribution is 2.39. The van der Waals surface area contributed by atoms with Crippen LogP contribution in [-0.2, 0) is 0 Å². The Labute approximate surface area is 205 Å². The average Bonchev–Trinajstić information content (AvgIpc) is 2.77. The quantitative estimate of drug-likeness (QED) is 0.310. The zero-order valence-electron chi connectivity index (χ0n) is 18.2. The lowest BCUT2D eigenvalue weighted by Crippen LogP contribution is -2.34. The van der Waals surface area contributed by atoms with Crippen LogP contribution in [0.2, 0.25) is 10.0 Å². The Bertz CT molecular complexity index is 1630. The average molecular weight is 518 g/mol. The van der Waals surface area contributed by atoms with Crippen molar-refractivity contribution in [1.82, 2.24) is 19.7 Å². The molecule has 0 radical (unpaired) electrons. The van der Waals surface area contributed by atoms with Crippen molar-refractivity contribution < 1.29 is 14.6 Å². The number of hydrogen-bond donors (Lipinski definition) is 4. The number of carbonyl (C=O) groups is 1. The smallest absolute Gasteiger partial charge is 0.410 e. The molecule has 0 bridgehead atoms. The number of benzene rings is 2. The number of nitrogens with zero attached hydrogens (tertiary/aromatic N) is 2. The van der Waals surface area contributed by atoms with E-state index in [1.807, 2.05) is 18.8 Å². The molecule has 4 aromatic rings. The van der Waals surface area contributed by atoms with Crippen molar-refractivity contribution in [1.29, 1.82) is 0 Å². The molecule has 13 heteroatoms. The molecule has 2 aromatic heterocycles. The van der Waals surface area contributed by atoms with Crippen LogP contribution in [0.3, 0.4) is 0 Å². The minimum Gasteiger partial charge on any atom is -0.465 e. The number of rotatable bonds is 5. The van der Waals surface area contributed by atoms with Crippen molar-refractivity contribution in [2.75, 3.05) is 5.32 Å². The van der Waals surface area contributed by atoms with Gasteiger partial charge in [0, 0.05) is 17.0 Å². The van der Waals surface area contributed by atoms with Crippen LogP contribution in [0.5, 0.6) is 11.5 Å². The molecule has 2 heterocycles. The van der Waals surface area contributed by atoms with E-state index in [1.54, 1.807) is 23.5 Å². The number of nitrogens with one attached hydrogen (secondary N) is 3. The molecule has 4 N–H and O–H groups in total. The number of carboxylic acid groups (broad SMARTS) is 1. The molecule has 0 aliphatic heterocycles. The molecule has 0 unspecified atom stereocenters. The third-order valence-corrected chi connectivity index (χ3v) is 5.53. The van der Waals surface area contributed by atoms with Crippen molar-refractivity contribution in [3.8, 4) is 17.2 Å². The first-order valence-corrected chi connectivity index (χ1v) is 10.9. The highest BCUT2D eigenvalue weighted by atomic mass is 35.5. The summed E-state index contributed by atoms with van der Waals surface area (Å²) in [5.41, 5.74) is -0.600. The lowest BCUT2D eigenvalue weighted by molar-refractivity contribution is 0.209. The highest BCUT2D eigenvalue weighted by Gasteiger charge is 2.17. The van der Waals surface area contributed by atoms with Gasteiger partial charge in [0.2, 0.25) is 11.4 Å². The van der Waals surface area contributed by atoms with Crippen molar-refractivity contribution in [3.05, 3.63) is 83.2 Å². The highest BCUT2D eigenvalue weighted by molar-refractivity contribution is 6.37. The molecule has 35 heavy (non-hydrogen) atoms. The van der Waals surface area contributed by atoms with Gasteiger partial charge in [0.1, 0.15) is 5.75 Å². The normalized spacial score (nSPS) is 11.1. The topological polar surface area (TPSA) is 159 Å². The Morgan fingerprint density at radius 1 is 1.09 bits per heavy atom. The first-order chi connectivity index (χ1) is 16.5. The molecule has 0 saturated carbocycles. The third kappa shape index (κ3) is 4.91. The van der Waals surface area contributed by atoms with Crippen LogP contribution < -0.4 is 26.9 Å². The van der Waals surface area contributed by atoms with Gasteiger partial charge in [0.25, 0.3) is 5.56 Å². The second-order valence-corrected chi connectivity index (χ2v) is 8.56. The number of hydrogen-bond acceptors (Lipinski definition) is 6. The number of halogens is 2. The molecule has 0 aliphatic rings. The van der Waals surface area contributed by atoms with Crippen molar-refractivity contribution in [3.63, 3.8) is 0 Å². The Morgan fingerprint density at radius 2 is 1.77 bits per heavy atom. The van der Waals surface area contributed by atoms with Crippen LogP contribution in [0.4, 0.5) is 10.6 Å². The fraction of sp³-hybridized carbons (Fsp3) is 0.136. The van der Waals surface area contributed by atoms with Crippen molar-refractivity contribution >= 4 is 46.0 Å². The molecule has 0 atom stereocenters. The minimum atomic E-state index is -1.53. The zero-order valence-corrected chi connectivity index (χ0v) is 19.7. The molecule has 0 spiro atoms. The van der Waals surface area contributed by atoms with Crippen LogP contribution in [0.1, 0.15) is 25.3 Å². The number of aromatic amines is 2. The molecule has 0 saturated heterocycles. The fourth-order valence-electron chi connectivity index (χ4n) is 3.44. The second kappa shape index (κ2) is 9.28. The minimum absolute atomic E-state index is 0.0193. The Morgan fingerprint density at radius 3 is 2.40 bits per heavy atom. The summed E-state index contributed by atoms with van der Waals surface area (Å²) in [5.74, 6) is -0.0337. The molecule has 0 aliphatic carbocycles. The van der Waals surface area contributed by atoms with Crippen LogP contribution in [0.15, 0.2) is 50.8 Å². The third-order valence-electron chi connectivity index (χ3n) is 4.97. The lowest BCUT2D eigenvalue weighted by Gasteiger charge is -2.14. The lowest BCUT2D eigenvalue weighted by atomic mass is 9.99. The molecular formula is C22H17Cl2N5O6. The summed E-state index contributed by atoms with van der Waals surface area (Å²) in [6.45, 7) is 3.94. The molecule has 4 rings (SSSR count). The van der Waals surface area contributed by atoms with E-state index in [0.29, 0.717) is 11.3 Å². The number of anilines is 1. The maximum atomic E-state index is 12.2. The van der Waals surface area contributed by atoms with Gasteiger partial charge in [-0.1, -0.05) is 37.0 Å². The first-order valence-electron chi connectivity index (χ1n) is 10.1. The SMILES string of the molecule is CC(C)c1cc(=O)[nH]c2ccc(Oc3c(Cl)cc(-n4nc(NC(=O)O)c(=O)[nH]c4=O)cc3Cl)cc12. The van der Waals surface area contributed by atoms with Crippen molar-refractivity contribution in [2.24, 2.45) is 0 Å². The summed E-state index contributed by atoms with van der Waals surface area (Å²) in [6.07, 6.45) is -1.53. The first kappa shape index (κ1) is 24.0. The van der Waals surface area contributed by atoms with Gasteiger partial charge >= 0.3 is 11.8 Å². The number of H-pyrrole nitrogens is 2. The maximum Gasteiger partial charge on any atom is 0.410 e. The molecule has 2 aromatic carbocycles. The zero-order chi connectivity index (χ0) is 25.4. The van der Waals surface area contributed by atoms with Gasteiger partial charge in [-0.15, -0.1) is 5.10 Å². The van der Waals surface area contributed by atoms with E-state index >= 15 is 0 Å². The number of ether oxygens (including phenoxy) is 1. The summed E-state index contributed by atoms with van der Waals surface area (Å²) < 4.78 is 6.65. The Balaban J connectivity index is 1.75. The van der Waals surface area contributed by atoms with E-state index < -0.39 is 23.2 Å². The number of pyridine rings is 1. The van der Waals surface area contributed by atoms with Gasteiger partial charge in [-0.2, -0.15) is 4.68 Å². The maximum absolute atomic E-state index is 12.2. The predicted octanol–water partition coefficient (Wildman–Crippen LogP) is 4.07. The molecule has 0 fully saturated rings. The monoisotopic (exact) mass is 517 g/mol. The number of aromatic nitrogens is 4. The van der Waals surface area contributed by atoms with Gasteiger partial charge in [0.15, 0.2) is 5.75 Å². The predicted molar refractivity (Wildman–Crippen MR) is 131 cm³/mol. The molecule has 1 amide bonds. The van der Waals surface area contributed by atoms with Crippen LogP contribution in [0, 0.1) is 0 Å². The Hall–Kier alpha value is -4.09. The summed E-state index contributed by atoms with van der Waals surface area (Å²) in [4.78, 5) is 51.6. The van der Waals surface area contributed by atoms with Gasteiger partial charge in [-0.25, -0.2) is 9.59 Å². The summed E-state index contributed by atoms with van der Waals surface area (Å²) in [5, 5.41) is 15.2. The molecule has 180 valence electrons. The van der Waals surface area contributed by atoms with Gasteiger partial charge in [-0.3, -0.25) is 19.9 Å². The van der Waals surface area contributed by atoms with E-state index in [-0.39, 0.29) is 33.0 Å². The van der Waals surface area contributed by atoms with Crippen molar-refractivity contribution in [2.45, 2.75) is 19.8 Å². The fourth-order valence-corrected chi connectivity index (χ4v) is 4.00. The van der Waals surface area contributed by atoms with Crippen LogP contribution >= 0.6 is 23.2 Å². The summed E-state index contributed by atoms with van der Waals surface area (Å²) in [6, 6.07) is 9.26. The van der Waals surface area contributed by atoms with Gasteiger partial charge < -0.3 is 14.8 Å². The summed E-state index contributed by atoms with van der Waals surface area (Å²) >= 11 is 12.8. The van der Waals surface area contributed by atoms with Gasteiger partial charge in [0.05, 0.1) is 15.7 Å². The van der Waals surface area contributed by atoms with Crippen LogP contribution in [-0.4, -0.2) is 30.9 Å². The van der Waals surface area contributed by atoms with Crippen LogP contribution in [0.25, 0.3) is 16.6 Å². The standard InChI is InChI=1S/C22H17Cl2N5O6/c1-9(2)12-8-17(30)25-16-4-3-11(7-13(12)16)35-18-14(23)5-10(6-15(18)24)29-21(32)27-20(31)19(28-29)26-22(33)34/h3-9H,1-2H3,(H,25,30)(H,26,28)(H,33,34)(H,27,31,32). The van der Waals surface area contributed by atoms with Gasteiger partial charge in [-0.05, 0) is 41.8 Å². The largest absolute Gasteiger partial charge is 0.465 e. The second-order valence-electron chi connectivity index (χ2n) is 7.74. The van der Waals surface area contributed by atoms with E-state index in [1.165, 1.54) is 18.2 Å². The summed E-state index contributed by atoms with van der Waals surface area (Å²) in [7, 11) is 0. The van der Waals surface area contributed by atoms with E-state index in [2.05, 4.69) is 10.1 Å². The molecule has 11 nitrogen and oxygen atoms in total. The molecular weight excluding hydrogens is 501 g/mol.